The van der Waals surface area contributed by atoms with E-state index in [0.717, 1.165) is 11.3 Å². The van der Waals surface area contributed by atoms with E-state index >= 15 is 0 Å². The summed E-state index contributed by atoms with van der Waals surface area (Å²) in [7, 11) is 0. The number of carbonyl (C=O) groups is 1. The quantitative estimate of drug-likeness (QED) is 0.725. The third kappa shape index (κ3) is 3.18. The fraction of sp³-hybridized carbons (Fsp3) is 0.0588. The van der Waals surface area contributed by atoms with E-state index in [9.17, 15) is 4.79 Å². The fourth-order valence-corrected chi connectivity index (χ4v) is 2.33. The molecular weight excluding hydrogens is 326 g/mol. The normalized spacial score (nSPS) is 10.4. The van der Waals surface area contributed by atoms with Gasteiger partial charge in [-0.3, -0.25) is 9.78 Å². The van der Waals surface area contributed by atoms with Crippen molar-refractivity contribution in [2.24, 2.45) is 0 Å². The van der Waals surface area contributed by atoms with Gasteiger partial charge in [-0.2, -0.15) is 0 Å². The van der Waals surface area contributed by atoms with Crippen LogP contribution in [0.3, 0.4) is 0 Å². The number of rotatable bonds is 5. The lowest BCUT2D eigenvalue weighted by Crippen LogP contribution is -2.24. The first-order chi connectivity index (χ1) is 11.7. The van der Waals surface area contributed by atoms with Crippen LogP contribution in [0.1, 0.15) is 10.5 Å². The molecule has 0 saturated carbocycles. The second-order valence-corrected chi connectivity index (χ2v) is 5.35. The Morgan fingerprint density at radius 3 is 2.75 bits per heavy atom. The predicted molar refractivity (Wildman–Crippen MR) is 92.1 cm³/mol. The Balaban J connectivity index is 2.13. The summed E-state index contributed by atoms with van der Waals surface area (Å²) in [6.45, 7) is 3.94. The molecule has 0 fully saturated rings. The van der Waals surface area contributed by atoms with Crippen LogP contribution in [0.2, 0.25) is 5.02 Å². The molecule has 0 aliphatic carbocycles. The number of halogens is 1. The van der Waals surface area contributed by atoms with Crippen LogP contribution in [-0.2, 0) is 0 Å². The number of benzene rings is 1. The summed E-state index contributed by atoms with van der Waals surface area (Å²) in [5.74, 6) is -0.325. The van der Waals surface area contributed by atoms with Crippen molar-refractivity contribution in [1.82, 2.24) is 25.3 Å². The first-order valence-corrected chi connectivity index (χ1v) is 7.59. The first kappa shape index (κ1) is 15.9. The molecule has 6 nitrogen and oxygen atoms in total. The van der Waals surface area contributed by atoms with E-state index in [1.54, 1.807) is 41.4 Å². The van der Waals surface area contributed by atoms with Gasteiger partial charge in [0.05, 0.1) is 5.69 Å². The number of pyridine rings is 1. The van der Waals surface area contributed by atoms with Gasteiger partial charge in [-0.05, 0) is 36.4 Å². The highest BCUT2D eigenvalue weighted by Gasteiger charge is 2.21. The van der Waals surface area contributed by atoms with E-state index < -0.39 is 0 Å². The molecule has 3 rings (SSSR count). The Morgan fingerprint density at radius 2 is 2.08 bits per heavy atom. The SMILES string of the molecule is C=CCNC(=O)c1nnn(-c2ccc(Cl)cc2)c1-c1cccnc1. The van der Waals surface area contributed by atoms with Gasteiger partial charge in [0.2, 0.25) is 0 Å². The molecule has 3 aromatic rings. The number of nitrogens with zero attached hydrogens (tertiary/aromatic N) is 4. The fourth-order valence-electron chi connectivity index (χ4n) is 2.21. The molecule has 0 bridgehead atoms. The van der Waals surface area contributed by atoms with Crippen LogP contribution in [0.5, 0.6) is 0 Å². The number of amides is 1. The monoisotopic (exact) mass is 339 g/mol. The van der Waals surface area contributed by atoms with Crippen LogP contribution < -0.4 is 5.32 Å². The Morgan fingerprint density at radius 1 is 1.29 bits per heavy atom. The van der Waals surface area contributed by atoms with Gasteiger partial charge in [0, 0.05) is 29.5 Å². The summed E-state index contributed by atoms with van der Waals surface area (Å²) < 4.78 is 1.59. The molecule has 0 aliphatic rings. The topological polar surface area (TPSA) is 72.7 Å². The highest BCUT2D eigenvalue weighted by Crippen LogP contribution is 2.25. The number of hydrogen-bond donors (Lipinski definition) is 1. The highest BCUT2D eigenvalue weighted by molar-refractivity contribution is 6.30. The lowest BCUT2D eigenvalue weighted by Gasteiger charge is -2.08. The van der Waals surface area contributed by atoms with Crippen molar-refractivity contribution in [3.63, 3.8) is 0 Å². The maximum absolute atomic E-state index is 12.4. The number of aromatic nitrogens is 4. The van der Waals surface area contributed by atoms with Gasteiger partial charge in [0.1, 0.15) is 5.69 Å². The minimum Gasteiger partial charge on any atom is -0.347 e. The highest BCUT2D eigenvalue weighted by atomic mass is 35.5. The molecule has 0 atom stereocenters. The predicted octanol–water partition coefficient (Wildman–Crippen LogP) is 2.90. The molecule has 1 N–H and O–H groups in total. The average Bonchev–Trinajstić information content (AvgIpc) is 3.06. The molecule has 7 heteroatoms. The minimum atomic E-state index is -0.325. The van der Waals surface area contributed by atoms with Crippen LogP contribution in [0.4, 0.5) is 0 Å². The van der Waals surface area contributed by atoms with E-state index in [2.05, 4.69) is 27.2 Å². The van der Waals surface area contributed by atoms with Gasteiger partial charge in [0.15, 0.2) is 5.69 Å². The molecule has 2 aromatic heterocycles. The molecule has 0 aliphatic heterocycles. The zero-order chi connectivity index (χ0) is 16.9. The van der Waals surface area contributed by atoms with Gasteiger partial charge < -0.3 is 5.32 Å². The number of hydrogen-bond acceptors (Lipinski definition) is 4. The summed E-state index contributed by atoms with van der Waals surface area (Å²) in [6.07, 6.45) is 4.93. The third-order valence-electron chi connectivity index (χ3n) is 3.30. The van der Waals surface area contributed by atoms with Gasteiger partial charge in [-0.25, -0.2) is 4.68 Å². The molecule has 1 aromatic carbocycles. The summed E-state index contributed by atoms with van der Waals surface area (Å²) in [6, 6.07) is 10.8. The Hall–Kier alpha value is -2.99. The smallest absolute Gasteiger partial charge is 0.274 e. The average molecular weight is 340 g/mol. The molecule has 0 radical (unpaired) electrons. The molecule has 24 heavy (non-hydrogen) atoms. The van der Waals surface area contributed by atoms with Crippen molar-refractivity contribution in [1.29, 1.82) is 0 Å². The van der Waals surface area contributed by atoms with Crippen molar-refractivity contribution < 1.29 is 4.79 Å². The van der Waals surface area contributed by atoms with E-state index in [0.29, 0.717) is 17.3 Å². The van der Waals surface area contributed by atoms with E-state index in [-0.39, 0.29) is 11.6 Å². The van der Waals surface area contributed by atoms with Crippen molar-refractivity contribution in [2.75, 3.05) is 6.54 Å². The van der Waals surface area contributed by atoms with Crippen molar-refractivity contribution in [3.8, 4) is 16.9 Å². The van der Waals surface area contributed by atoms with Crippen LogP contribution in [0.15, 0.2) is 61.4 Å². The lowest BCUT2D eigenvalue weighted by molar-refractivity contribution is 0.0953. The number of carbonyl (C=O) groups excluding carboxylic acids is 1. The molecule has 2 heterocycles. The van der Waals surface area contributed by atoms with Crippen LogP contribution in [0, 0.1) is 0 Å². The van der Waals surface area contributed by atoms with E-state index in [1.165, 1.54) is 0 Å². The van der Waals surface area contributed by atoms with Crippen LogP contribution in [0.25, 0.3) is 16.9 Å². The summed E-state index contributed by atoms with van der Waals surface area (Å²) in [5.41, 5.74) is 2.27. The molecule has 0 saturated heterocycles. The molecule has 0 unspecified atom stereocenters. The minimum absolute atomic E-state index is 0.222. The van der Waals surface area contributed by atoms with Crippen LogP contribution in [-0.4, -0.2) is 32.4 Å². The largest absolute Gasteiger partial charge is 0.347 e. The summed E-state index contributed by atoms with van der Waals surface area (Å²) in [5, 5.41) is 11.5. The Labute approximate surface area is 143 Å². The van der Waals surface area contributed by atoms with E-state index in [4.69, 9.17) is 11.6 Å². The molecule has 0 spiro atoms. The molecule has 120 valence electrons. The van der Waals surface area contributed by atoms with Gasteiger partial charge in [-0.1, -0.05) is 22.9 Å². The Bertz CT molecular complexity index is 858. The molecule has 1 amide bonds. The second-order valence-electron chi connectivity index (χ2n) is 4.92. The third-order valence-corrected chi connectivity index (χ3v) is 3.55. The van der Waals surface area contributed by atoms with Crippen molar-refractivity contribution in [2.45, 2.75) is 0 Å². The maximum Gasteiger partial charge on any atom is 0.274 e. The van der Waals surface area contributed by atoms with Crippen molar-refractivity contribution in [3.05, 3.63) is 72.2 Å². The van der Waals surface area contributed by atoms with Crippen LogP contribution >= 0.6 is 11.6 Å². The first-order valence-electron chi connectivity index (χ1n) is 7.22. The zero-order valence-corrected chi connectivity index (χ0v) is 13.4. The van der Waals surface area contributed by atoms with Gasteiger partial charge >= 0.3 is 0 Å². The number of nitrogens with one attached hydrogen (secondary N) is 1. The van der Waals surface area contributed by atoms with Crippen molar-refractivity contribution >= 4 is 17.5 Å². The molecular formula is C17H14ClN5O. The van der Waals surface area contributed by atoms with Gasteiger partial charge in [-0.15, -0.1) is 11.7 Å². The second kappa shape index (κ2) is 7.06. The Kier molecular flexibility index (Phi) is 4.67. The van der Waals surface area contributed by atoms with E-state index in [1.807, 2.05) is 18.2 Å². The summed E-state index contributed by atoms with van der Waals surface area (Å²) >= 11 is 5.94. The standard InChI is InChI=1S/C17H14ClN5O/c1-2-9-20-17(24)15-16(12-4-3-10-19-11-12)23(22-21-15)14-7-5-13(18)6-8-14/h2-8,10-11H,1,9H2,(H,20,24). The summed E-state index contributed by atoms with van der Waals surface area (Å²) in [4.78, 5) is 16.5. The zero-order valence-electron chi connectivity index (χ0n) is 12.7. The van der Waals surface area contributed by atoms with Gasteiger partial charge in [0.25, 0.3) is 5.91 Å². The maximum atomic E-state index is 12.4. The lowest BCUT2D eigenvalue weighted by atomic mass is 10.1.